The number of hydrogen-bond donors (Lipinski definition) is 1. The van der Waals surface area contributed by atoms with Crippen molar-refractivity contribution in [2.45, 2.75) is 37.6 Å². The van der Waals surface area contributed by atoms with Crippen LogP contribution in [0.5, 0.6) is 11.5 Å². The van der Waals surface area contributed by atoms with E-state index in [0.29, 0.717) is 29.9 Å². The lowest BCUT2D eigenvalue weighted by molar-refractivity contribution is -0.360. The van der Waals surface area contributed by atoms with E-state index in [1.807, 2.05) is 0 Å². The molecule has 0 amide bonds. The van der Waals surface area contributed by atoms with Crippen molar-refractivity contribution in [1.82, 2.24) is 0 Å². The van der Waals surface area contributed by atoms with Crippen LogP contribution >= 0.6 is 0 Å². The van der Waals surface area contributed by atoms with Crippen molar-refractivity contribution in [3.63, 3.8) is 0 Å². The summed E-state index contributed by atoms with van der Waals surface area (Å²) in [7, 11) is 2.96. The Hall–Kier alpha value is -3.28. The van der Waals surface area contributed by atoms with Gasteiger partial charge < -0.3 is 18.9 Å². The van der Waals surface area contributed by atoms with E-state index in [9.17, 15) is 15.8 Å². The van der Waals surface area contributed by atoms with Gasteiger partial charge in [0.2, 0.25) is 11.7 Å². The van der Waals surface area contributed by atoms with Gasteiger partial charge in [-0.05, 0) is 18.9 Å². The summed E-state index contributed by atoms with van der Waals surface area (Å²) in [6.07, 6.45) is 1.44. The highest BCUT2D eigenvalue weighted by atomic mass is 16.7. The molecule has 1 saturated carbocycles. The van der Waals surface area contributed by atoms with Crippen LogP contribution in [0.1, 0.15) is 37.4 Å². The highest BCUT2D eigenvalue weighted by Gasteiger charge is 2.80. The number of methoxy groups -OCH3 is 2. The molecule has 3 heterocycles. The Bertz CT molecular complexity index is 989. The number of nitrogens with zero attached hydrogens (tertiary/aromatic N) is 3. The molecular weight excluding hydrogens is 372 g/mol. The quantitative estimate of drug-likeness (QED) is 0.835. The molecule has 1 aromatic carbocycles. The molecule has 4 fully saturated rings. The van der Waals surface area contributed by atoms with E-state index in [2.05, 4.69) is 18.2 Å². The van der Waals surface area contributed by atoms with E-state index < -0.39 is 34.5 Å². The van der Waals surface area contributed by atoms with Crippen LogP contribution < -0.4 is 9.47 Å². The van der Waals surface area contributed by atoms with Gasteiger partial charge in [-0.1, -0.05) is 18.6 Å². The van der Waals surface area contributed by atoms with Crippen molar-refractivity contribution >= 4 is 5.90 Å². The van der Waals surface area contributed by atoms with Crippen molar-refractivity contribution < 1.29 is 18.9 Å². The van der Waals surface area contributed by atoms with Crippen molar-refractivity contribution in [2.75, 3.05) is 14.2 Å². The number of nitriles is 3. The average molecular weight is 392 g/mol. The molecule has 0 radical (unpaired) electrons. The first-order valence-electron chi connectivity index (χ1n) is 9.40. The van der Waals surface area contributed by atoms with Gasteiger partial charge in [0.1, 0.15) is 6.10 Å². The van der Waals surface area contributed by atoms with E-state index in [1.54, 1.807) is 18.2 Å². The zero-order chi connectivity index (χ0) is 20.9. The lowest BCUT2D eigenvalue weighted by atomic mass is 9.48. The van der Waals surface area contributed by atoms with Crippen LogP contribution in [0.15, 0.2) is 18.2 Å². The van der Waals surface area contributed by atoms with Gasteiger partial charge in [0.15, 0.2) is 22.3 Å². The molecule has 3 aliphatic heterocycles. The normalized spacial score (nSPS) is 34.0. The van der Waals surface area contributed by atoms with Crippen LogP contribution in [0.3, 0.4) is 0 Å². The molecule has 3 saturated heterocycles. The maximum atomic E-state index is 10.3. The number of rotatable bonds is 3. The molecule has 4 atom stereocenters. The van der Waals surface area contributed by atoms with Gasteiger partial charge in [-0.2, -0.15) is 15.8 Å². The van der Waals surface area contributed by atoms with Crippen molar-refractivity contribution in [3.05, 3.63) is 23.8 Å². The fraction of sp³-hybridized carbons (Fsp3) is 0.524. The number of ether oxygens (including phenoxy) is 4. The van der Waals surface area contributed by atoms with Gasteiger partial charge in [0.25, 0.3) is 0 Å². The van der Waals surface area contributed by atoms with Gasteiger partial charge in [-0.25, -0.2) is 0 Å². The van der Waals surface area contributed by atoms with E-state index in [1.165, 1.54) is 14.2 Å². The molecular formula is C21H20N4O4. The minimum absolute atomic E-state index is 0.337. The van der Waals surface area contributed by atoms with Gasteiger partial charge in [0.05, 0.1) is 38.3 Å². The van der Waals surface area contributed by atoms with Crippen molar-refractivity contribution in [3.8, 4) is 29.7 Å². The summed E-state index contributed by atoms with van der Waals surface area (Å²) in [5, 5.41) is 39.4. The van der Waals surface area contributed by atoms with E-state index in [0.717, 1.165) is 12.8 Å². The monoisotopic (exact) mass is 392 g/mol. The van der Waals surface area contributed by atoms with Gasteiger partial charge in [-0.3, -0.25) is 5.41 Å². The Morgan fingerprint density at radius 3 is 2.48 bits per heavy atom. The Labute approximate surface area is 168 Å². The number of fused-ring (bicyclic) bond motifs is 2. The maximum absolute atomic E-state index is 10.3. The summed E-state index contributed by atoms with van der Waals surface area (Å²) in [5.74, 6) is -1.56. The Balaban J connectivity index is 2.04. The highest BCUT2D eigenvalue weighted by molar-refractivity contribution is 5.89. The Morgan fingerprint density at radius 2 is 1.86 bits per heavy atom. The fourth-order valence-corrected chi connectivity index (χ4v) is 5.24. The van der Waals surface area contributed by atoms with Gasteiger partial charge in [-0.15, -0.1) is 0 Å². The Morgan fingerprint density at radius 1 is 1.10 bits per heavy atom. The Kier molecular flexibility index (Phi) is 4.19. The third-order valence-electron chi connectivity index (χ3n) is 6.53. The average Bonchev–Trinajstić information content (AvgIpc) is 2.76. The van der Waals surface area contributed by atoms with Crippen LogP contribution in [0.4, 0.5) is 0 Å². The van der Waals surface area contributed by atoms with Crippen LogP contribution in [-0.2, 0) is 9.47 Å². The number of para-hydroxylation sites is 1. The topological polar surface area (TPSA) is 132 Å². The second-order valence-electron chi connectivity index (χ2n) is 7.57. The summed E-state index contributed by atoms with van der Waals surface area (Å²) < 4.78 is 23.2. The van der Waals surface area contributed by atoms with Crippen molar-refractivity contribution in [2.24, 2.45) is 16.7 Å². The molecule has 29 heavy (non-hydrogen) atoms. The summed E-state index contributed by atoms with van der Waals surface area (Å²) in [6.45, 7) is 0. The van der Waals surface area contributed by atoms with E-state index >= 15 is 0 Å². The molecule has 0 unspecified atom stereocenters. The molecule has 0 aromatic heterocycles. The van der Waals surface area contributed by atoms with Crippen molar-refractivity contribution in [1.29, 1.82) is 21.2 Å². The standard InChI is InChI=1S/C21H20N4O4/c1-26-14-7-5-6-13(16(14)27-2)17-20(12-24)18(25)29-21(28-17)9-4-3-8-15(21)19(20,10-22)11-23/h5-7,15,17,25H,3-4,8-9H2,1-2H3/t15-,17-,20-,21-/m1/s1. The lowest BCUT2D eigenvalue weighted by Gasteiger charge is -2.63. The van der Waals surface area contributed by atoms with E-state index in [-0.39, 0.29) is 0 Å². The van der Waals surface area contributed by atoms with E-state index in [4.69, 9.17) is 24.4 Å². The highest BCUT2D eigenvalue weighted by Crippen LogP contribution is 2.70. The second kappa shape index (κ2) is 6.37. The molecule has 8 nitrogen and oxygen atoms in total. The first-order valence-corrected chi connectivity index (χ1v) is 9.40. The minimum Gasteiger partial charge on any atom is -0.493 e. The van der Waals surface area contributed by atoms with Crippen LogP contribution in [0.25, 0.3) is 0 Å². The number of hydrogen-bond acceptors (Lipinski definition) is 8. The molecule has 2 bridgehead atoms. The zero-order valence-electron chi connectivity index (χ0n) is 16.2. The predicted molar refractivity (Wildman–Crippen MR) is 98.6 cm³/mol. The molecule has 1 aromatic rings. The molecule has 4 aliphatic rings. The number of nitrogens with one attached hydrogen (secondary N) is 1. The third-order valence-corrected chi connectivity index (χ3v) is 6.53. The summed E-state index contributed by atoms with van der Waals surface area (Å²) in [5.41, 5.74) is -3.27. The smallest absolute Gasteiger partial charge is 0.218 e. The minimum atomic E-state index is -1.93. The SMILES string of the molecule is COc1cccc([C@H]2O[C@@]34CCCC[C@@H]3C(C#N)(C#N)[C@@]2(C#N)C(=N)O4)c1OC. The second-order valence-corrected chi connectivity index (χ2v) is 7.57. The first-order chi connectivity index (χ1) is 14.0. The lowest BCUT2D eigenvalue weighted by Crippen LogP contribution is -2.73. The predicted octanol–water partition coefficient (Wildman–Crippen LogP) is 3.21. The largest absolute Gasteiger partial charge is 0.493 e. The first kappa shape index (κ1) is 19.1. The van der Waals surface area contributed by atoms with Crippen LogP contribution in [0, 0.1) is 56.2 Å². The fourth-order valence-electron chi connectivity index (χ4n) is 5.24. The third kappa shape index (κ3) is 2.06. The zero-order valence-corrected chi connectivity index (χ0v) is 16.2. The summed E-state index contributed by atoms with van der Waals surface area (Å²) in [4.78, 5) is 0. The molecule has 8 heteroatoms. The van der Waals surface area contributed by atoms with Crippen LogP contribution in [-0.4, -0.2) is 25.9 Å². The molecule has 5 rings (SSSR count). The van der Waals surface area contributed by atoms with Crippen LogP contribution in [0.2, 0.25) is 0 Å². The molecule has 1 N–H and O–H groups in total. The molecule has 148 valence electrons. The van der Waals surface area contributed by atoms with Gasteiger partial charge >= 0.3 is 0 Å². The molecule has 1 spiro atoms. The van der Waals surface area contributed by atoms with Gasteiger partial charge in [0, 0.05) is 12.0 Å². The summed E-state index contributed by atoms with van der Waals surface area (Å²) >= 11 is 0. The maximum Gasteiger partial charge on any atom is 0.218 e. The summed E-state index contributed by atoms with van der Waals surface area (Å²) in [6, 6.07) is 11.5. The molecule has 1 aliphatic carbocycles. The number of benzene rings is 1.